The summed E-state index contributed by atoms with van der Waals surface area (Å²) in [7, 11) is 0. The van der Waals surface area contributed by atoms with Crippen LogP contribution in [0, 0.1) is 0 Å². The second-order valence-electron chi connectivity index (χ2n) is 4.53. The maximum atomic E-state index is 11.4. The molecule has 2 N–H and O–H groups in total. The van der Waals surface area contributed by atoms with Gasteiger partial charge in [-0.1, -0.05) is 36.4 Å². The molecule has 19 heavy (non-hydrogen) atoms. The van der Waals surface area contributed by atoms with Crippen LogP contribution < -0.4 is 5.32 Å². The van der Waals surface area contributed by atoms with Crippen molar-refractivity contribution in [2.45, 2.75) is 25.4 Å². The highest BCUT2D eigenvalue weighted by Gasteiger charge is 2.21. The van der Waals surface area contributed by atoms with E-state index in [0.717, 1.165) is 12.0 Å². The molecule has 0 aliphatic carbocycles. The van der Waals surface area contributed by atoms with E-state index in [1.54, 1.807) is 11.3 Å². The fraction of sp³-hybridized carbons (Fsp3) is 0.267. The van der Waals surface area contributed by atoms with Crippen molar-refractivity contribution in [2.24, 2.45) is 0 Å². The van der Waals surface area contributed by atoms with E-state index in [9.17, 15) is 9.90 Å². The molecule has 2 rings (SSSR count). The molecule has 0 spiro atoms. The normalized spacial score (nSPS) is 13.9. The number of rotatable bonds is 6. The zero-order chi connectivity index (χ0) is 13.7. The monoisotopic (exact) mass is 275 g/mol. The summed E-state index contributed by atoms with van der Waals surface area (Å²) in [4.78, 5) is 12.6. The molecule has 0 aliphatic heterocycles. The summed E-state index contributed by atoms with van der Waals surface area (Å²) >= 11 is 1.70. The van der Waals surface area contributed by atoms with Crippen molar-refractivity contribution in [1.82, 2.24) is 5.32 Å². The Morgan fingerprint density at radius 3 is 2.58 bits per heavy atom. The molecule has 2 unspecified atom stereocenters. The van der Waals surface area contributed by atoms with Crippen LogP contribution in [0.5, 0.6) is 0 Å². The highest BCUT2D eigenvalue weighted by atomic mass is 32.1. The Morgan fingerprint density at radius 1 is 1.26 bits per heavy atom. The van der Waals surface area contributed by atoms with Crippen molar-refractivity contribution in [3.05, 3.63) is 58.3 Å². The summed E-state index contributed by atoms with van der Waals surface area (Å²) in [6, 6.07) is 12.8. The predicted octanol–water partition coefficient (Wildman–Crippen LogP) is 3.09. The third kappa shape index (κ3) is 3.91. The molecular weight excluding hydrogens is 258 g/mol. The minimum Gasteiger partial charge on any atom is -0.480 e. The second-order valence-corrected chi connectivity index (χ2v) is 5.57. The third-order valence-electron chi connectivity index (χ3n) is 2.92. The molecule has 0 amide bonds. The molecule has 2 atom stereocenters. The number of carboxylic acid groups (broad SMARTS) is 1. The first-order valence-electron chi connectivity index (χ1n) is 6.23. The zero-order valence-corrected chi connectivity index (χ0v) is 11.6. The van der Waals surface area contributed by atoms with Gasteiger partial charge in [0, 0.05) is 10.9 Å². The molecule has 1 aromatic carbocycles. The van der Waals surface area contributed by atoms with Gasteiger partial charge in [0.1, 0.15) is 6.04 Å². The SMILES string of the molecule is CC(Cc1cccs1)NC(C(=O)O)c1ccccc1. The molecule has 0 saturated carbocycles. The van der Waals surface area contributed by atoms with Gasteiger partial charge < -0.3 is 5.11 Å². The number of thiophene rings is 1. The quantitative estimate of drug-likeness (QED) is 0.851. The fourth-order valence-corrected chi connectivity index (χ4v) is 2.86. The summed E-state index contributed by atoms with van der Waals surface area (Å²) in [6.07, 6.45) is 0.842. The first-order valence-corrected chi connectivity index (χ1v) is 7.11. The molecule has 1 aromatic heterocycles. The first-order chi connectivity index (χ1) is 9.16. The molecule has 0 fully saturated rings. The summed E-state index contributed by atoms with van der Waals surface area (Å²) < 4.78 is 0. The van der Waals surface area contributed by atoms with E-state index in [2.05, 4.69) is 11.4 Å². The number of carboxylic acids is 1. The molecular formula is C15H17NO2S. The number of aliphatic carboxylic acids is 1. The average Bonchev–Trinajstić information content (AvgIpc) is 2.89. The van der Waals surface area contributed by atoms with Crippen molar-refractivity contribution >= 4 is 17.3 Å². The van der Waals surface area contributed by atoms with E-state index in [1.807, 2.05) is 48.7 Å². The molecule has 2 aromatic rings. The molecule has 0 saturated heterocycles. The Bertz CT molecular complexity index is 510. The lowest BCUT2D eigenvalue weighted by atomic mass is 10.1. The summed E-state index contributed by atoms with van der Waals surface area (Å²) in [5, 5.41) is 14.6. The lowest BCUT2D eigenvalue weighted by molar-refractivity contribution is -0.139. The highest BCUT2D eigenvalue weighted by Crippen LogP contribution is 2.16. The van der Waals surface area contributed by atoms with Crippen LogP contribution in [-0.4, -0.2) is 17.1 Å². The van der Waals surface area contributed by atoms with E-state index < -0.39 is 12.0 Å². The van der Waals surface area contributed by atoms with Gasteiger partial charge in [-0.3, -0.25) is 10.1 Å². The van der Waals surface area contributed by atoms with Crippen LogP contribution in [0.2, 0.25) is 0 Å². The van der Waals surface area contributed by atoms with Crippen molar-refractivity contribution < 1.29 is 9.90 Å². The van der Waals surface area contributed by atoms with Gasteiger partial charge in [0.05, 0.1) is 0 Å². The molecule has 0 bridgehead atoms. The molecule has 100 valence electrons. The number of benzene rings is 1. The summed E-state index contributed by atoms with van der Waals surface area (Å²) in [6.45, 7) is 2.01. The highest BCUT2D eigenvalue weighted by molar-refractivity contribution is 7.09. The van der Waals surface area contributed by atoms with E-state index in [-0.39, 0.29) is 6.04 Å². The van der Waals surface area contributed by atoms with E-state index in [4.69, 9.17) is 0 Å². The van der Waals surface area contributed by atoms with Crippen LogP contribution in [0.4, 0.5) is 0 Å². The lowest BCUT2D eigenvalue weighted by Gasteiger charge is -2.20. The number of nitrogens with one attached hydrogen (secondary N) is 1. The summed E-state index contributed by atoms with van der Waals surface area (Å²) in [5.74, 6) is -0.843. The fourth-order valence-electron chi connectivity index (χ4n) is 2.03. The van der Waals surface area contributed by atoms with Crippen molar-refractivity contribution in [2.75, 3.05) is 0 Å². The Labute approximate surface area is 116 Å². The van der Waals surface area contributed by atoms with Crippen molar-refractivity contribution in [3.63, 3.8) is 0 Å². The van der Waals surface area contributed by atoms with Gasteiger partial charge in [0.25, 0.3) is 0 Å². The van der Waals surface area contributed by atoms with Gasteiger partial charge in [-0.15, -0.1) is 11.3 Å². The van der Waals surface area contributed by atoms with E-state index >= 15 is 0 Å². The molecule has 4 heteroatoms. The number of hydrogen-bond acceptors (Lipinski definition) is 3. The van der Waals surface area contributed by atoms with Gasteiger partial charge in [-0.25, -0.2) is 0 Å². The van der Waals surface area contributed by atoms with Crippen molar-refractivity contribution in [3.8, 4) is 0 Å². The maximum absolute atomic E-state index is 11.4. The Balaban J connectivity index is 2.03. The zero-order valence-electron chi connectivity index (χ0n) is 10.7. The minimum absolute atomic E-state index is 0.111. The second kappa shape index (κ2) is 6.50. The number of carbonyl (C=O) groups is 1. The standard InChI is InChI=1S/C15H17NO2S/c1-11(10-13-8-5-9-19-13)16-14(15(17)18)12-6-3-2-4-7-12/h2-9,11,14,16H,10H2,1H3,(H,17,18). The van der Waals surface area contributed by atoms with Crippen LogP contribution in [0.25, 0.3) is 0 Å². The molecule has 3 nitrogen and oxygen atoms in total. The van der Waals surface area contributed by atoms with Crippen LogP contribution in [0.3, 0.4) is 0 Å². The van der Waals surface area contributed by atoms with Gasteiger partial charge >= 0.3 is 5.97 Å². The van der Waals surface area contributed by atoms with Crippen LogP contribution in [0.1, 0.15) is 23.4 Å². The van der Waals surface area contributed by atoms with E-state index in [1.165, 1.54) is 4.88 Å². The van der Waals surface area contributed by atoms with E-state index in [0.29, 0.717) is 0 Å². The van der Waals surface area contributed by atoms with Gasteiger partial charge in [0.2, 0.25) is 0 Å². The lowest BCUT2D eigenvalue weighted by Crippen LogP contribution is -2.36. The molecule has 1 heterocycles. The predicted molar refractivity (Wildman–Crippen MR) is 77.4 cm³/mol. The van der Waals surface area contributed by atoms with Gasteiger partial charge in [-0.2, -0.15) is 0 Å². The minimum atomic E-state index is -0.843. The van der Waals surface area contributed by atoms with Gasteiger partial charge in [-0.05, 0) is 30.4 Å². The smallest absolute Gasteiger partial charge is 0.325 e. The Kier molecular flexibility index (Phi) is 4.71. The van der Waals surface area contributed by atoms with Crippen LogP contribution >= 0.6 is 11.3 Å². The largest absolute Gasteiger partial charge is 0.480 e. The average molecular weight is 275 g/mol. The number of hydrogen-bond donors (Lipinski definition) is 2. The van der Waals surface area contributed by atoms with Gasteiger partial charge in [0.15, 0.2) is 0 Å². The Morgan fingerprint density at radius 2 is 2.00 bits per heavy atom. The van der Waals surface area contributed by atoms with Crippen molar-refractivity contribution in [1.29, 1.82) is 0 Å². The van der Waals surface area contributed by atoms with Crippen LogP contribution in [0.15, 0.2) is 47.8 Å². The Hall–Kier alpha value is -1.65. The third-order valence-corrected chi connectivity index (χ3v) is 3.82. The topological polar surface area (TPSA) is 49.3 Å². The van der Waals surface area contributed by atoms with Crippen LogP contribution in [-0.2, 0) is 11.2 Å². The maximum Gasteiger partial charge on any atom is 0.325 e. The summed E-state index contributed by atoms with van der Waals surface area (Å²) in [5.41, 5.74) is 0.785. The first kappa shape index (κ1) is 13.8. The molecule has 0 aliphatic rings. The molecule has 0 radical (unpaired) electrons.